The number of halogens is 1. The molecule has 150 valence electrons. The highest BCUT2D eigenvalue weighted by Gasteiger charge is 2.18. The Bertz CT molecular complexity index is 1170. The van der Waals surface area contributed by atoms with Crippen LogP contribution in [0.1, 0.15) is 5.56 Å². The molecule has 0 fully saturated rings. The summed E-state index contributed by atoms with van der Waals surface area (Å²) < 4.78 is 15.5. The molecule has 2 aromatic carbocycles. The summed E-state index contributed by atoms with van der Waals surface area (Å²) in [5.74, 6) is -0.224. The van der Waals surface area contributed by atoms with Crippen LogP contribution in [0.2, 0.25) is 5.02 Å². The van der Waals surface area contributed by atoms with E-state index in [4.69, 9.17) is 25.5 Å². The third-order valence-electron chi connectivity index (χ3n) is 4.04. The van der Waals surface area contributed by atoms with Gasteiger partial charge in [-0.1, -0.05) is 11.6 Å². The Balaban J connectivity index is 1.77. The fourth-order valence-corrected chi connectivity index (χ4v) is 2.87. The minimum atomic E-state index is -0.639. The standard InChI is InChI=1S/C19H15ClN2O7/c1-10-5-19(24)29-16-8-17(13(20)7-12(10)16)28-9-18(23)21-14-4-3-11(27-2)6-15(14)22(25)26/h3-8H,9H2,1-2H3,(H,21,23). The maximum Gasteiger partial charge on any atom is 0.336 e. The molecular weight excluding hydrogens is 404 g/mol. The maximum absolute atomic E-state index is 12.2. The van der Waals surface area contributed by atoms with Gasteiger partial charge in [-0.3, -0.25) is 14.9 Å². The number of rotatable bonds is 6. The van der Waals surface area contributed by atoms with E-state index in [1.807, 2.05) is 0 Å². The zero-order chi connectivity index (χ0) is 21.1. The van der Waals surface area contributed by atoms with Crippen molar-refractivity contribution in [1.82, 2.24) is 0 Å². The van der Waals surface area contributed by atoms with Crippen molar-refractivity contribution in [2.75, 3.05) is 19.0 Å². The van der Waals surface area contributed by atoms with Crippen molar-refractivity contribution in [2.24, 2.45) is 0 Å². The molecule has 0 saturated heterocycles. The van der Waals surface area contributed by atoms with Crippen molar-refractivity contribution in [2.45, 2.75) is 6.92 Å². The molecule has 0 saturated carbocycles. The number of carbonyl (C=O) groups is 1. The van der Waals surface area contributed by atoms with E-state index < -0.39 is 23.1 Å². The summed E-state index contributed by atoms with van der Waals surface area (Å²) in [4.78, 5) is 34.3. The second-order valence-electron chi connectivity index (χ2n) is 6.00. The van der Waals surface area contributed by atoms with Gasteiger partial charge < -0.3 is 19.2 Å². The van der Waals surface area contributed by atoms with Crippen molar-refractivity contribution in [3.8, 4) is 11.5 Å². The molecule has 0 unspecified atom stereocenters. The SMILES string of the molecule is COc1ccc(NC(=O)COc2cc3oc(=O)cc(C)c3cc2Cl)c([N+](=O)[O-])c1. The maximum atomic E-state index is 12.2. The fraction of sp³-hybridized carbons (Fsp3) is 0.158. The van der Waals surface area contributed by atoms with Gasteiger partial charge in [-0.05, 0) is 30.7 Å². The Hall–Kier alpha value is -3.59. The number of anilines is 1. The van der Waals surface area contributed by atoms with Gasteiger partial charge in [0.05, 0.1) is 23.1 Å². The molecule has 0 aliphatic rings. The van der Waals surface area contributed by atoms with Crippen molar-refractivity contribution in [3.63, 3.8) is 0 Å². The van der Waals surface area contributed by atoms with Crippen LogP contribution in [0.3, 0.4) is 0 Å². The number of nitro groups is 1. The molecule has 29 heavy (non-hydrogen) atoms. The zero-order valence-corrected chi connectivity index (χ0v) is 16.1. The van der Waals surface area contributed by atoms with Crippen LogP contribution >= 0.6 is 11.6 Å². The van der Waals surface area contributed by atoms with E-state index in [1.165, 1.54) is 37.4 Å². The lowest BCUT2D eigenvalue weighted by atomic mass is 10.1. The summed E-state index contributed by atoms with van der Waals surface area (Å²) in [5.41, 5.74) is 0.108. The van der Waals surface area contributed by atoms with E-state index in [2.05, 4.69) is 5.32 Å². The van der Waals surface area contributed by atoms with E-state index in [0.717, 1.165) is 0 Å². The van der Waals surface area contributed by atoms with Crippen LogP contribution in [0.15, 0.2) is 45.6 Å². The van der Waals surface area contributed by atoms with E-state index in [0.29, 0.717) is 10.9 Å². The minimum Gasteiger partial charge on any atom is -0.496 e. The highest BCUT2D eigenvalue weighted by Crippen LogP contribution is 2.31. The second kappa shape index (κ2) is 8.19. The molecule has 10 heteroatoms. The average molecular weight is 419 g/mol. The number of nitrogens with one attached hydrogen (secondary N) is 1. The number of aryl methyl sites for hydroxylation is 1. The highest BCUT2D eigenvalue weighted by molar-refractivity contribution is 6.32. The Morgan fingerprint density at radius 3 is 2.72 bits per heavy atom. The van der Waals surface area contributed by atoms with Crippen molar-refractivity contribution < 1.29 is 23.6 Å². The lowest BCUT2D eigenvalue weighted by Gasteiger charge is -2.11. The normalized spacial score (nSPS) is 10.6. The Morgan fingerprint density at radius 1 is 1.28 bits per heavy atom. The summed E-state index contributed by atoms with van der Waals surface area (Å²) in [6.45, 7) is 1.27. The number of hydrogen-bond acceptors (Lipinski definition) is 7. The molecule has 1 heterocycles. The molecule has 9 nitrogen and oxygen atoms in total. The van der Waals surface area contributed by atoms with Crippen molar-refractivity contribution in [3.05, 3.63) is 67.5 Å². The van der Waals surface area contributed by atoms with Gasteiger partial charge in [0.2, 0.25) is 0 Å². The quantitative estimate of drug-likeness (QED) is 0.368. The molecular formula is C19H15ClN2O7. The molecule has 0 radical (unpaired) electrons. The lowest BCUT2D eigenvalue weighted by Crippen LogP contribution is -2.20. The van der Waals surface area contributed by atoms with Gasteiger partial charge in [-0.15, -0.1) is 0 Å². The number of nitro benzene ring substituents is 1. The molecule has 1 N–H and O–H groups in total. The van der Waals surface area contributed by atoms with Crippen LogP contribution in [0.4, 0.5) is 11.4 Å². The smallest absolute Gasteiger partial charge is 0.336 e. The predicted molar refractivity (Wildman–Crippen MR) is 106 cm³/mol. The summed E-state index contributed by atoms with van der Waals surface area (Å²) in [7, 11) is 1.38. The van der Waals surface area contributed by atoms with Gasteiger partial charge in [0.15, 0.2) is 6.61 Å². The second-order valence-corrected chi connectivity index (χ2v) is 6.41. The Labute approximate surface area is 168 Å². The van der Waals surface area contributed by atoms with Crippen molar-refractivity contribution >= 4 is 39.9 Å². The molecule has 3 rings (SSSR count). The first-order chi connectivity index (χ1) is 13.8. The molecule has 3 aromatic rings. The minimum absolute atomic E-state index is 0.00405. The van der Waals surface area contributed by atoms with E-state index in [9.17, 15) is 19.7 Å². The van der Waals surface area contributed by atoms with E-state index >= 15 is 0 Å². The average Bonchev–Trinajstić information content (AvgIpc) is 2.67. The van der Waals surface area contributed by atoms with Gasteiger partial charge in [-0.2, -0.15) is 0 Å². The number of carbonyl (C=O) groups excluding carboxylic acids is 1. The molecule has 0 spiro atoms. The highest BCUT2D eigenvalue weighted by atomic mass is 35.5. The first-order valence-corrected chi connectivity index (χ1v) is 8.65. The number of nitrogens with zero attached hydrogens (tertiary/aromatic N) is 1. The fourth-order valence-electron chi connectivity index (χ4n) is 2.66. The summed E-state index contributed by atoms with van der Waals surface area (Å²) in [5, 5.41) is 14.5. The van der Waals surface area contributed by atoms with Gasteiger partial charge in [0.25, 0.3) is 11.6 Å². The van der Waals surface area contributed by atoms with Crippen LogP contribution in [0.25, 0.3) is 11.0 Å². The number of benzene rings is 2. The summed E-state index contributed by atoms with van der Waals surface area (Å²) >= 11 is 6.18. The predicted octanol–water partition coefficient (Wildman–Crippen LogP) is 3.69. The van der Waals surface area contributed by atoms with Gasteiger partial charge in [0, 0.05) is 17.5 Å². The zero-order valence-electron chi connectivity index (χ0n) is 15.4. The summed E-state index contributed by atoms with van der Waals surface area (Å²) in [6.07, 6.45) is 0. The van der Waals surface area contributed by atoms with Crippen LogP contribution in [-0.2, 0) is 4.79 Å². The molecule has 0 atom stereocenters. The van der Waals surface area contributed by atoms with Gasteiger partial charge in [-0.25, -0.2) is 4.79 Å². The third kappa shape index (κ3) is 4.46. The van der Waals surface area contributed by atoms with Crippen LogP contribution in [0, 0.1) is 17.0 Å². The van der Waals surface area contributed by atoms with Gasteiger partial charge >= 0.3 is 5.63 Å². The van der Waals surface area contributed by atoms with E-state index in [-0.39, 0.29) is 33.5 Å². The first kappa shape index (κ1) is 20.2. The number of hydrogen-bond donors (Lipinski definition) is 1. The first-order valence-electron chi connectivity index (χ1n) is 8.27. The van der Waals surface area contributed by atoms with Crippen LogP contribution < -0.4 is 20.4 Å². The lowest BCUT2D eigenvalue weighted by molar-refractivity contribution is -0.384. The largest absolute Gasteiger partial charge is 0.496 e. The molecule has 1 amide bonds. The Morgan fingerprint density at radius 2 is 2.03 bits per heavy atom. The monoisotopic (exact) mass is 418 g/mol. The molecule has 0 bridgehead atoms. The number of amides is 1. The molecule has 0 aliphatic heterocycles. The van der Waals surface area contributed by atoms with E-state index in [1.54, 1.807) is 13.0 Å². The third-order valence-corrected chi connectivity index (χ3v) is 4.33. The molecule has 1 aromatic heterocycles. The number of methoxy groups -OCH3 is 1. The van der Waals surface area contributed by atoms with Crippen molar-refractivity contribution in [1.29, 1.82) is 0 Å². The molecule has 0 aliphatic carbocycles. The van der Waals surface area contributed by atoms with Gasteiger partial charge in [0.1, 0.15) is 22.8 Å². The number of ether oxygens (including phenoxy) is 2. The van der Waals surface area contributed by atoms with Crippen LogP contribution in [0.5, 0.6) is 11.5 Å². The number of fused-ring (bicyclic) bond motifs is 1. The topological polar surface area (TPSA) is 121 Å². The summed E-state index contributed by atoms with van der Waals surface area (Å²) in [6, 6.07) is 8.35. The Kier molecular flexibility index (Phi) is 5.69. The van der Waals surface area contributed by atoms with Crippen LogP contribution in [-0.4, -0.2) is 24.5 Å².